The molecule has 5 rings (SSSR count). The van der Waals surface area contributed by atoms with Crippen molar-refractivity contribution in [3.8, 4) is 0 Å². The second-order valence-corrected chi connectivity index (χ2v) is 8.04. The molecule has 154 valence electrons. The number of amides is 2. The highest BCUT2D eigenvalue weighted by Crippen LogP contribution is 2.32. The number of hydrogen-bond donors (Lipinski definition) is 1. The zero-order valence-electron chi connectivity index (χ0n) is 16.0. The van der Waals surface area contributed by atoms with Crippen LogP contribution in [0.5, 0.6) is 0 Å². The number of aromatic nitrogens is 1. The lowest BCUT2D eigenvalue weighted by atomic mass is 10.1. The first-order valence-electron chi connectivity index (χ1n) is 9.21. The molecule has 0 radical (unpaired) electrons. The summed E-state index contributed by atoms with van der Waals surface area (Å²) in [5.74, 6) is -0.850. The normalized spacial score (nSPS) is 13.0. The Hall–Kier alpha value is -3.88. The number of fused-ring (bicyclic) bond motifs is 2. The number of nitrogens with zero attached hydrogens (tertiary/aromatic N) is 2. The van der Waals surface area contributed by atoms with Gasteiger partial charge in [0.1, 0.15) is 4.90 Å². The summed E-state index contributed by atoms with van der Waals surface area (Å²) in [5, 5.41) is 0.801. The molecular weight excluding hydrogens is 416 g/mol. The summed E-state index contributed by atoms with van der Waals surface area (Å²) in [5.41, 5.74) is 1.00. The molecule has 0 spiro atoms. The number of imide groups is 1. The SMILES string of the molecule is O=C1c2ccccc2C(=O)N1c1ccc2c(S(=O)(=O)O)cccc2c1.c1ccncc1. The molecule has 1 aromatic heterocycles. The lowest BCUT2D eigenvalue weighted by Crippen LogP contribution is -2.29. The van der Waals surface area contributed by atoms with Gasteiger partial charge in [-0.05, 0) is 47.9 Å². The third-order valence-electron chi connectivity index (χ3n) is 4.72. The summed E-state index contributed by atoms with van der Waals surface area (Å²) in [6.07, 6.45) is 3.50. The van der Waals surface area contributed by atoms with Crippen molar-refractivity contribution in [3.05, 3.63) is 102 Å². The minimum atomic E-state index is -4.37. The molecule has 8 heteroatoms. The summed E-state index contributed by atoms with van der Waals surface area (Å²) >= 11 is 0. The van der Waals surface area contributed by atoms with Crippen LogP contribution >= 0.6 is 0 Å². The molecule has 0 unspecified atom stereocenters. The average Bonchev–Trinajstić information content (AvgIpc) is 3.04. The number of carbonyl (C=O) groups is 2. The van der Waals surface area contributed by atoms with Crippen LogP contribution in [0.3, 0.4) is 0 Å². The van der Waals surface area contributed by atoms with E-state index in [1.807, 2.05) is 18.2 Å². The number of hydrogen-bond acceptors (Lipinski definition) is 5. The van der Waals surface area contributed by atoms with Crippen molar-refractivity contribution in [3.63, 3.8) is 0 Å². The smallest absolute Gasteiger partial charge is 0.282 e. The number of benzene rings is 3. The molecule has 31 heavy (non-hydrogen) atoms. The third kappa shape index (κ3) is 3.94. The molecule has 2 amide bonds. The average molecular weight is 432 g/mol. The fourth-order valence-electron chi connectivity index (χ4n) is 3.34. The van der Waals surface area contributed by atoms with Gasteiger partial charge in [0, 0.05) is 17.8 Å². The van der Waals surface area contributed by atoms with E-state index in [-0.39, 0.29) is 4.90 Å². The maximum Gasteiger partial charge on any atom is 0.295 e. The monoisotopic (exact) mass is 432 g/mol. The number of carbonyl (C=O) groups excluding carboxylic acids is 2. The molecule has 4 aromatic rings. The van der Waals surface area contributed by atoms with Gasteiger partial charge in [-0.2, -0.15) is 8.42 Å². The van der Waals surface area contributed by atoms with Crippen LogP contribution in [0, 0.1) is 0 Å². The van der Waals surface area contributed by atoms with Crippen molar-refractivity contribution in [2.75, 3.05) is 4.90 Å². The van der Waals surface area contributed by atoms with Crippen LogP contribution in [0.2, 0.25) is 0 Å². The Morgan fingerprint density at radius 3 is 1.90 bits per heavy atom. The Bertz CT molecular complexity index is 1340. The van der Waals surface area contributed by atoms with Gasteiger partial charge in [-0.25, -0.2) is 4.90 Å². The van der Waals surface area contributed by atoms with Crippen LogP contribution < -0.4 is 4.90 Å². The molecule has 0 saturated carbocycles. The fraction of sp³-hybridized carbons (Fsp3) is 0. The van der Waals surface area contributed by atoms with E-state index in [1.54, 1.807) is 48.8 Å². The van der Waals surface area contributed by atoms with Crippen LogP contribution in [0.4, 0.5) is 5.69 Å². The third-order valence-corrected chi connectivity index (χ3v) is 5.63. The van der Waals surface area contributed by atoms with Crippen molar-refractivity contribution in [2.45, 2.75) is 4.90 Å². The quantitative estimate of drug-likeness (QED) is 0.380. The van der Waals surface area contributed by atoms with E-state index in [1.165, 1.54) is 24.3 Å². The number of anilines is 1. The van der Waals surface area contributed by atoms with Gasteiger partial charge in [0.2, 0.25) is 0 Å². The molecular formula is C23H16N2O5S. The first kappa shape index (κ1) is 20.4. The predicted octanol–water partition coefficient (Wildman–Crippen LogP) is 3.97. The van der Waals surface area contributed by atoms with Gasteiger partial charge >= 0.3 is 0 Å². The van der Waals surface area contributed by atoms with Gasteiger partial charge in [0.25, 0.3) is 21.9 Å². The molecule has 7 nitrogen and oxygen atoms in total. The Kier molecular flexibility index (Phi) is 5.33. The maximum atomic E-state index is 12.5. The van der Waals surface area contributed by atoms with Crippen molar-refractivity contribution in [1.82, 2.24) is 4.98 Å². The lowest BCUT2D eigenvalue weighted by Gasteiger charge is -2.15. The molecule has 2 heterocycles. The highest BCUT2D eigenvalue weighted by Gasteiger charge is 2.36. The van der Waals surface area contributed by atoms with Crippen LogP contribution in [0.25, 0.3) is 10.8 Å². The van der Waals surface area contributed by atoms with Gasteiger partial charge in [-0.15, -0.1) is 0 Å². The van der Waals surface area contributed by atoms with Crippen molar-refractivity contribution in [1.29, 1.82) is 0 Å². The molecule has 0 aliphatic carbocycles. The van der Waals surface area contributed by atoms with Gasteiger partial charge in [-0.3, -0.25) is 19.1 Å². The topological polar surface area (TPSA) is 105 Å². The van der Waals surface area contributed by atoms with Crippen molar-refractivity contribution >= 4 is 38.4 Å². The second-order valence-electron chi connectivity index (χ2n) is 6.65. The zero-order chi connectivity index (χ0) is 22.0. The largest absolute Gasteiger partial charge is 0.295 e. The number of rotatable bonds is 2. The summed E-state index contributed by atoms with van der Waals surface area (Å²) in [4.78, 5) is 29.7. The van der Waals surface area contributed by atoms with Crippen LogP contribution in [0.15, 0.2) is 96.2 Å². The highest BCUT2D eigenvalue weighted by molar-refractivity contribution is 7.86. The molecule has 1 N–H and O–H groups in total. The van der Waals surface area contributed by atoms with Crippen molar-refractivity contribution in [2.24, 2.45) is 0 Å². The van der Waals surface area contributed by atoms with Gasteiger partial charge in [0.15, 0.2) is 0 Å². The Morgan fingerprint density at radius 1 is 0.742 bits per heavy atom. The molecule has 0 fully saturated rings. The first-order chi connectivity index (χ1) is 14.9. The number of pyridine rings is 1. The summed E-state index contributed by atoms with van der Waals surface area (Å²) < 4.78 is 32.3. The first-order valence-corrected chi connectivity index (χ1v) is 10.6. The van der Waals surface area contributed by atoms with Gasteiger partial charge in [-0.1, -0.05) is 36.4 Å². The van der Waals surface area contributed by atoms with E-state index in [0.29, 0.717) is 27.6 Å². The standard InChI is InChI=1S/C18H11NO5S.C5H5N/c20-17-14-5-1-2-6-15(14)18(21)19(17)12-8-9-13-11(10-12)4-3-7-16(13)25(22,23)24;1-2-4-6-5-3-1/h1-10H,(H,22,23,24);1-5H. The van der Waals surface area contributed by atoms with Gasteiger partial charge < -0.3 is 0 Å². The van der Waals surface area contributed by atoms with Gasteiger partial charge in [0.05, 0.1) is 16.8 Å². The molecule has 1 aliphatic heterocycles. The van der Waals surface area contributed by atoms with Crippen LogP contribution in [-0.4, -0.2) is 29.8 Å². The van der Waals surface area contributed by atoms with Crippen molar-refractivity contribution < 1.29 is 22.6 Å². The van der Waals surface area contributed by atoms with E-state index >= 15 is 0 Å². The molecule has 3 aromatic carbocycles. The van der Waals surface area contributed by atoms with Crippen LogP contribution in [-0.2, 0) is 10.1 Å². The fourth-order valence-corrected chi connectivity index (χ4v) is 4.06. The molecule has 1 aliphatic rings. The summed E-state index contributed by atoms with van der Waals surface area (Å²) in [6, 6.07) is 21.2. The van der Waals surface area contributed by atoms with E-state index in [4.69, 9.17) is 0 Å². The molecule has 0 saturated heterocycles. The minimum absolute atomic E-state index is 0.223. The van der Waals surface area contributed by atoms with E-state index in [9.17, 15) is 22.6 Å². The molecule has 0 atom stereocenters. The Labute approximate surface area is 178 Å². The van der Waals surface area contributed by atoms with E-state index in [0.717, 1.165) is 4.90 Å². The van der Waals surface area contributed by atoms with E-state index in [2.05, 4.69) is 4.98 Å². The molecule has 0 bridgehead atoms. The van der Waals surface area contributed by atoms with E-state index < -0.39 is 21.9 Å². The Balaban J connectivity index is 0.000000334. The second kappa shape index (κ2) is 8.10. The highest BCUT2D eigenvalue weighted by atomic mass is 32.2. The minimum Gasteiger partial charge on any atom is -0.282 e. The summed E-state index contributed by atoms with van der Waals surface area (Å²) in [6.45, 7) is 0. The Morgan fingerprint density at radius 2 is 1.39 bits per heavy atom. The zero-order valence-corrected chi connectivity index (χ0v) is 16.9. The van der Waals surface area contributed by atoms with Crippen LogP contribution in [0.1, 0.15) is 20.7 Å². The lowest BCUT2D eigenvalue weighted by molar-refractivity contribution is 0.0926. The predicted molar refractivity (Wildman–Crippen MR) is 116 cm³/mol. The summed E-state index contributed by atoms with van der Waals surface area (Å²) in [7, 11) is -4.37. The maximum absolute atomic E-state index is 12.5.